The SMILES string of the molecule is CCc1nc2cc(-c3noc(CCc4ccccc4OC)n3)ccc2o1. The Hall–Kier alpha value is -3.15. The van der Waals surface area contributed by atoms with E-state index >= 15 is 0 Å². The highest BCUT2D eigenvalue weighted by Gasteiger charge is 2.12. The maximum Gasteiger partial charge on any atom is 0.227 e. The van der Waals surface area contributed by atoms with Crippen LogP contribution in [0.25, 0.3) is 22.5 Å². The van der Waals surface area contributed by atoms with Gasteiger partial charge in [0.1, 0.15) is 11.3 Å². The van der Waals surface area contributed by atoms with E-state index in [-0.39, 0.29) is 0 Å². The monoisotopic (exact) mass is 349 g/mol. The van der Waals surface area contributed by atoms with E-state index < -0.39 is 0 Å². The van der Waals surface area contributed by atoms with Gasteiger partial charge in [0.25, 0.3) is 0 Å². The molecule has 4 rings (SSSR count). The van der Waals surface area contributed by atoms with Crippen molar-refractivity contribution in [3.8, 4) is 17.1 Å². The topological polar surface area (TPSA) is 74.2 Å². The quantitative estimate of drug-likeness (QED) is 0.518. The molecule has 0 saturated carbocycles. The predicted octanol–water partition coefficient (Wildman–Crippen LogP) is 4.23. The Labute approximate surface area is 150 Å². The summed E-state index contributed by atoms with van der Waals surface area (Å²) in [4.78, 5) is 8.96. The fourth-order valence-corrected chi connectivity index (χ4v) is 2.89. The average molecular weight is 349 g/mol. The van der Waals surface area contributed by atoms with Gasteiger partial charge >= 0.3 is 0 Å². The third kappa shape index (κ3) is 3.18. The molecular weight excluding hydrogens is 330 g/mol. The molecule has 2 aromatic carbocycles. The van der Waals surface area contributed by atoms with Crippen LogP contribution in [0.3, 0.4) is 0 Å². The lowest BCUT2D eigenvalue weighted by atomic mass is 10.1. The van der Waals surface area contributed by atoms with Gasteiger partial charge in [0.15, 0.2) is 11.5 Å². The Morgan fingerprint density at radius 3 is 2.73 bits per heavy atom. The van der Waals surface area contributed by atoms with Crippen LogP contribution in [0, 0.1) is 0 Å². The first-order valence-electron chi connectivity index (χ1n) is 8.61. The molecule has 0 aliphatic carbocycles. The number of fused-ring (bicyclic) bond motifs is 1. The molecule has 0 saturated heterocycles. The standard InChI is InChI=1S/C20H19N3O3/c1-3-18-21-15-12-14(8-10-17(15)25-18)20-22-19(26-23-20)11-9-13-6-4-5-7-16(13)24-2/h4-8,10,12H,3,9,11H2,1-2H3. The van der Waals surface area contributed by atoms with Gasteiger partial charge in [-0.25, -0.2) is 4.98 Å². The lowest BCUT2D eigenvalue weighted by Crippen LogP contribution is -1.95. The third-order valence-electron chi connectivity index (χ3n) is 4.26. The van der Waals surface area contributed by atoms with Crippen molar-refractivity contribution in [3.63, 3.8) is 0 Å². The Morgan fingerprint density at radius 2 is 1.88 bits per heavy atom. The first kappa shape index (κ1) is 16.3. The van der Waals surface area contributed by atoms with Gasteiger partial charge < -0.3 is 13.7 Å². The number of hydrogen-bond donors (Lipinski definition) is 0. The minimum atomic E-state index is 0.558. The summed E-state index contributed by atoms with van der Waals surface area (Å²) in [5.74, 6) is 2.75. The number of nitrogens with zero attached hydrogens (tertiary/aromatic N) is 3. The van der Waals surface area contributed by atoms with Gasteiger partial charge in [-0.2, -0.15) is 4.98 Å². The summed E-state index contributed by atoms with van der Waals surface area (Å²) < 4.78 is 16.4. The normalized spacial score (nSPS) is 11.2. The van der Waals surface area contributed by atoms with Crippen LogP contribution in [-0.4, -0.2) is 22.2 Å². The van der Waals surface area contributed by atoms with Crippen molar-refractivity contribution in [2.45, 2.75) is 26.2 Å². The summed E-state index contributed by atoms with van der Waals surface area (Å²) in [5.41, 5.74) is 3.55. The average Bonchev–Trinajstić information content (AvgIpc) is 3.32. The summed E-state index contributed by atoms with van der Waals surface area (Å²) >= 11 is 0. The minimum absolute atomic E-state index is 0.558. The van der Waals surface area contributed by atoms with Crippen molar-refractivity contribution in [3.05, 3.63) is 59.8 Å². The highest BCUT2D eigenvalue weighted by Crippen LogP contribution is 2.24. The lowest BCUT2D eigenvalue weighted by molar-refractivity contribution is 0.376. The molecule has 0 radical (unpaired) electrons. The number of hydrogen-bond acceptors (Lipinski definition) is 6. The Kier molecular flexibility index (Phi) is 4.39. The van der Waals surface area contributed by atoms with E-state index in [0.717, 1.165) is 46.7 Å². The van der Waals surface area contributed by atoms with Gasteiger partial charge in [-0.05, 0) is 36.2 Å². The molecule has 4 aromatic rings. The van der Waals surface area contributed by atoms with E-state index in [1.165, 1.54) is 0 Å². The van der Waals surface area contributed by atoms with Crippen molar-refractivity contribution >= 4 is 11.1 Å². The zero-order chi connectivity index (χ0) is 17.9. The van der Waals surface area contributed by atoms with E-state index in [1.807, 2.05) is 49.4 Å². The second-order valence-corrected chi connectivity index (χ2v) is 5.97. The summed E-state index contributed by atoms with van der Waals surface area (Å²) in [6, 6.07) is 13.7. The summed E-state index contributed by atoms with van der Waals surface area (Å²) in [7, 11) is 1.67. The maximum atomic E-state index is 5.64. The van der Waals surface area contributed by atoms with E-state index in [4.69, 9.17) is 13.7 Å². The van der Waals surface area contributed by atoms with Crippen molar-refractivity contribution < 1.29 is 13.7 Å². The molecule has 132 valence electrons. The predicted molar refractivity (Wildman–Crippen MR) is 97.1 cm³/mol. The molecule has 0 fully saturated rings. The number of benzene rings is 2. The highest BCUT2D eigenvalue weighted by atomic mass is 16.5. The van der Waals surface area contributed by atoms with E-state index in [1.54, 1.807) is 7.11 Å². The molecule has 0 unspecified atom stereocenters. The van der Waals surface area contributed by atoms with Crippen molar-refractivity contribution in [2.75, 3.05) is 7.11 Å². The molecule has 2 heterocycles. The van der Waals surface area contributed by atoms with Crippen molar-refractivity contribution in [1.82, 2.24) is 15.1 Å². The van der Waals surface area contributed by atoms with Crippen LogP contribution in [0.2, 0.25) is 0 Å². The highest BCUT2D eigenvalue weighted by molar-refractivity contribution is 5.78. The zero-order valence-electron chi connectivity index (χ0n) is 14.7. The first-order chi connectivity index (χ1) is 12.8. The van der Waals surface area contributed by atoms with E-state index in [0.29, 0.717) is 18.1 Å². The van der Waals surface area contributed by atoms with Crippen LogP contribution in [0.1, 0.15) is 24.3 Å². The van der Waals surface area contributed by atoms with E-state index in [2.05, 4.69) is 15.1 Å². The van der Waals surface area contributed by atoms with Crippen LogP contribution in [0.5, 0.6) is 5.75 Å². The van der Waals surface area contributed by atoms with Gasteiger partial charge in [0.2, 0.25) is 11.7 Å². The Balaban J connectivity index is 1.52. The molecule has 0 aliphatic rings. The molecule has 0 bridgehead atoms. The largest absolute Gasteiger partial charge is 0.496 e. The molecule has 26 heavy (non-hydrogen) atoms. The van der Waals surface area contributed by atoms with Gasteiger partial charge in [-0.15, -0.1) is 0 Å². The minimum Gasteiger partial charge on any atom is -0.496 e. The van der Waals surface area contributed by atoms with Crippen LogP contribution < -0.4 is 4.74 Å². The molecule has 2 aromatic heterocycles. The maximum absolute atomic E-state index is 5.64. The van der Waals surface area contributed by atoms with Gasteiger partial charge in [0, 0.05) is 18.4 Å². The number of methoxy groups -OCH3 is 1. The van der Waals surface area contributed by atoms with Crippen LogP contribution in [0.4, 0.5) is 0 Å². The summed E-state index contributed by atoms with van der Waals surface area (Å²) in [6.07, 6.45) is 2.19. The number of aryl methyl sites for hydroxylation is 3. The molecule has 0 amide bonds. The molecule has 0 spiro atoms. The second kappa shape index (κ2) is 7.00. The third-order valence-corrected chi connectivity index (χ3v) is 4.26. The summed E-state index contributed by atoms with van der Waals surface area (Å²) in [6.45, 7) is 2.01. The fourth-order valence-electron chi connectivity index (χ4n) is 2.89. The van der Waals surface area contributed by atoms with E-state index in [9.17, 15) is 0 Å². The van der Waals surface area contributed by atoms with Crippen LogP contribution in [-0.2, 0) is 19.3 Å². The van der Waals surface area contributed by atoms with Crippen molar-refractivity contribution in [2.24, 2.45) is 0 Å². The Bertz CT molecular complexity index is 1040. The Morgan fingerprint density at radius 1 is 1.00 bits per heavy atom. The molecule has 0 aliphatic heterocycles. The number of rotatable bonds is 6. The molecular formula is C20H19N3O3. The molecule has 6 nitrogen and oxygen atoms in total. The fraction of sp³-hybridized carbons (Fsp3) is 0.250. The van der Waals surface area contributed by atoms with Crippen LogP contribution >= 0.6 is 0 Å². The van der Waals surface area contributed by atoms with Crippen molar-refractivity contribution in [1.29, 1.82) is 0 Å². The number of ether oxygens (including phenoxy) is 1. The van der Waals surface area contributed by atoms with Gasteiger partial charge in [-0.3, -0.25) is 0 Å². The number of oxazole rings is 1. The van der Waals surface area contributed by atoms with Gasteiger partial charge in [0.05, 0.1) is 7.11 Å². The molecule has 6 heteroatoms. The lowest BCUT2D eigenvalue weighted by Gasteiger charge is -2.05. The molecule has 0 N–H and O–H groups in total. The zero-order valence-corrected chi connectivity index (χ0v) is 14.7. The second-order valence-electron chi connectivity index (χ2n) is 5.97. The number of aromatic nitrogens is 3. The first-order valence-corrected chi connectivity index (χ1v) is 8.61. The smallest absolute Gasteiger partial charge is 0.227 e. The number of para-hydroxylation sites is 1. The summed E-state index contributed by atoms with van der Waals surface area (Å²) in [5, 5.41) is 4.10. The van der Waals surface area contributed by atoms with Gasteiger partial charge in [-0.1, -0.05) is 30.3 Å². The molecule has 0 atom stereocenters. The van der Waals surface area contributed by atoms with Crippen LogP contribution in [0.15, 0.2) is 51.4 Å².